The van der Waals surface area contributed by atoms with Crippen LogP contribution in [0.15, 0.2) is 155 Å². The Morgan fingerprint density at radius 1 is 0.470 bits per heavy atom. The first-order valence-electron chi connectivity index (χ1n) is 21.0. The van der Waals surface area contributed by atoms with Gasteiger partial charge in [0.25, 0.3) is 31.9 Å². The number of hydrogen-bond acceptors (Lipinski definition) is 8. The SMILES string of the molecule is CCn1c2ccccc2c2cc(NC(=O)c3ccccc3NS(=O)(=O)c3cc(S(=O)(=O)Nc4ccccc4C(=O)Nc4ccc5c(c4)c4ccccc4n5CC)c(OC)cc3OC)ccc21. The number of nitrogens with zero attached hydrogens (tertiary/aromatic N) is 2. The van der Waals surface area contributed by atoms with E-state index in [1.807, 2.05) is 72.8 Å². The number of aromatic nitrogens is 2. The minimum absolute atomic E-state index is 0.00155. The first kappa shape index (κ1) is 43.4. The van der Waals surface area contributed by atoms with E-state index in [1.165, 1.54) is 38.5 Å². The van der Waals surface area contributed by atoms with Crippen molar-refractivity contribution in [3.05, 3.63) is 157 Å². The van der Waals surface area contributed by atoms with Gasteiger partial charge in [0.1, 0.15) is 21.3 Å². The fourth-order valence-corrected chi connectivity index (χ4v) is 11.1. The summed E-state index contributed by atoms with van der Waals surface area (Å²) >= 11 is 0. The van der Waals surface area contributed by atoms with Gasteiger partial charge in [0.2, 0.25) is 0 Å². The number of amides is 2. The fraction of sp³-hybridized carbons (Fsp3) is 0.120. The molecule has 2 aromatic heterocycles. The average Bonchev–Trinajstić information content (AvgIpc) is 3.82. The van der Waals surface area contributed by atoms with E-state index in [0.717, 1.165) is 68.8 Å². The molecule has 16 heteroatoms. The molecule has 0 spiro atoms. The van der Waals surface area contributed by atoms with Crippen LogP contribution < -0.4 is 29.6 Å². The molecule has 0 aliphatic carbocycles. The Morgan fingerprint density at radius 2 is 0.848 bits per heavy atom. The topological polar surface area (TPSA) is 179 Å². The van der Waals surface area contributed by atoms with Crippen LogP contribution in [0.5, 0.6) is 11.5 Å². The second-order valence-corrected chi connectivity index (χ2v) is 18.7. The molecule has 0 radical (unpaired) electrons. The van der Waals surface area contributed by atoms with Crippen molar-refractivity contribution in [2.24, 2.45) is 0 Å². The van der Waals surface area contributed by atoms with Crippen LogP contribution in [0.25, 0.3) is 43.6 Å². The van der Waals surface area contributed by atoms with Crippen LogP contribution in [-0.2, 0) is 33.1 Å². The number of anilines is 4. The number of para-hydroxylation sites is 4. The highest BCUT2D eigenvalue weighted by Crippen LogP contribution is 2.38. The quantitative estimate of drug-likeness (QED) is 0.0832. The van der Waals surface area contributed by atoms with Crippen molar-refractivity contribution in [3.63, 3.8) is 0 Å². The van der Waals surface area contributed by atoms with E-state index >= 15 is 0 Å². The lowest BCUT2D eigenvalue weighted by Crippen LogP contribution is -2.21. The Balaban J connectivity index is 0.990. The summed E-state index contributed by atoms with van der Waals surface area (Å²) in [5, 5.41) is 9.75. The maximum Gasteiger partial charge on any atom is 0.265 e. The number of carbonyl (C=O) groups excluding carboxylic acids is 2. The molecule has 334 valence electrons. The Morgan fingerprint density at radius 3 is 1.26 bits per heavy atom. The van der Waals surface area contributed by atoms with Crippen molar-refractivity contribution in [2.45, 2.75) is 36.7 Å². The predicted octanol–water partition coefficient (Wildman–Crippen LogP) is 10.1. The molecule has 66 heavy (non-hydrogen) atoms. The van der Waals surface area contributed by atoms with Gasteiger partial charge in [-0.3, -0.25) is 19.0 Å². The number of carbonyl (C=O) groups is 2. The van der Waals surface area contributed by atoms with Gasteiger partial charge in [-0.05, 0) is 92.7 Å². The highest BCUT2D eigenvalue weighted by molar-refractivity contribution is 7.93. The molecule has 2 amide bonds. The number of sulfonamides is 2. The first-order chi connectivity index (χ1) is 31.8. The maximum absolute atomic E-state index is 14.3. The lowest BCUT2D eigenvalue weighted by Gasteiger charge is -2.18. The molecule has 0 bridgehead atoms. The third-order valence-corrected chi connectivity index (χ3v) is 14.3. The Kier molecular flexibility index (Phi) is 11.4. The van der Waals surface area contributed by atoms with Crippen molar-refractivity contribution in [3.8, 4) is 11.5 Å². The lowest BCUT2D eigenvalue weighted by atomic mass is 10.1. The second kappa shape index (κ2) is 17.3. The Hall–Kier alpha value is -7.82. The zero-order chi connectivity index (χ0) is 46.3. The summed E-state index contributed by atoms with van der Waals surface area (Å²) in [6.45, 7) is 5.64. The number of ether oxygens (including phenoxy) is 2. The normalized spacial score (nSPS) is 11.8. The summed E-state index contributed by atoms with van der Waals surface area (Å²) in [6, 6.07) is 41.3. The summed E-state index contributed by atoms with van der Waals surface area (Å²) in [4.78, 5) is 26.6. The van der Waals surface area contributed by atoms with E-state index in [1.54, 1.807) is 36.4 Å². The van der Waals surface area contributed by atoms with E-state index in [2.05, 4.69) is 43.1 Å². The van der Waals surface area contributed by atoms with Crippen LogP contribution in [-0.4, -0.2) is 52.0 Å². The fourth-order valence-electron chi connectivity index (χ4n) is 8.54. The molecule has 0 fully saturated rings. The van der Waals surface area contributed by atoms with Gasteiger partial charge < -0.3 is 29.2 Å². The number of aryl methyl sites for hydroxylation is 2. The molecule has 0 unspecified atom stereocenters. The molecule has 0 saturated heterocycles. The minimum atomic E-state index is -4.68. The van der Waals surface area contributed by atoms with E-state index in [0.29, 0.717) is 11.4 Å². The molecule has 2 heterocycles. The van der Waals surface area contributed by atoms with Crippen LogP contribution in [0.1, 0.15) is 34.6 Å². The van der Waals surface area contributed by atoms with Crippen LogP contribution >= 0.6 is 0 Å². The molecule has 4 N–H and O–H groups in total. The van der Waals surface area contributed by atoms with E-state index < -0.39 is 41.7 Å². The smallest absolute Gasteiger partial charge is 0.265 e. The van der Waals surface area contributed by atoms with Gasteiger partial charge in [-0.2, -0.15) is 0 Å². The summed E-state index contributed by atoms with van der Waals surface area (Å²) in [5.74, 6) is -1.65. The average molecular weight is 921 g/mol. The second-order valence-electron chi connectivity index (χ2n) is 15.4. The molecule has 7 aromatic carbocycles. The van der Waals surface area contributed by atoms with Crippen LogP contribution in [0.4, 0.5) is 22.7 Å². The summed E-state index contributed by atoms with van der Waals surface area (Å²) in [7, 11) is -6.90. The summed E-state index contributed by atoms with van der Waals surface area (Å²) < 4.78 is 77.4. The zero-order valence-electron chi connectivity index (χ0n) is 36.2. The van der Waals surface area contributed by atoms with E-state index in [9.17, 15) is 26.4 Å². The van der Waals surface area contributed by atoms with Gasteiger partial charge >= 0.3 is 0 Å². The molecule has 0 saturated carbocycles. The van der Waals surface area contributed by atoms with Crippen molar-refractivity contribution in [2.75, 3.05) is 34.3 Å². The summed E-state index contributed by atoms with van der Waals surface area (Å²) in [5.41, 5.74) is 4.99. The zero-order valence-corrected chi connectivity index (χ0v) is 37.9. The van der Waals surface area contributed by atoms with Crippen molar-refractivity contribution in [1.29, 1.82) is 0 Å². The van der Waals surface area contributed by atoms with Gasteiger partial charge in [0.05, 0.1) is 36.7 Å². The standard InChI is InChI=1S/C50H44N6O8S2/c1-5-55-41-21-13-9-15-33(41)37-27-31(23-25-43(37)55)51-49(57)35-17-7-11-19-39(35)53-65(59,60)47-30-48(46(64-4)29-45(47)63-3)66(61,62)54-40-20-12-8-18-36(40)50(58)52-32-24-26-44-38(28-32)34-16-10-14-22-42(34)56(44)6-2/h7-30,53-54H,5-6H2,1-4H3,(H,51,57)(H,52,58). The van der Waals surface area contributed by atoms with Gasteiger partial charge in [0.15, 0.2) is 0 Å². The number of fused-ring (bicyclic) bond motifs is 6. The molecular weight excluding hydrogens is 877 g/mol. The van der Waals surface area contributed by atoms with Gasteiger partial charge in [-0.25, -0.2) is 16.8 Å². The molecule has 0 atom stereocenters. The van der Waals surface area contributed by atoms with Gasteiger partial charge in [-0.1, -0.05) is 60.7 Å². The lowest BCUT2D eigenvalue weighted by molar-refractivity contribution is 0.101. The first-order valence-corrected chi connectivity index (χ1v) is 24.0. The molecule has 9 aromatic rings. The largest absolute Gasteiger partial charge is 0.495 e. The Bertz CT molecular complexity index is 3400. The van der Waals surface area contributed by atoms with E-state index in [4.69, 9.17) is 9.47 Å². The highest BCUT2D eigenvalue weighted by Gasteiger charge is 2.30. The van der Waals surface area contributed by atoms with Crippen molar-refractivity contribution >= 4 is 98.2 Å². The van der Waals surface area contributed by atoms with Gasteiger partial charge in [0, 0.05) is 74.1 Å². The number of benzene rings is 7. The highest BCUT2D eigenvalue weighted by atomic mass is 32.2. The van der Waals surface area contributed by atoms with Crippen LogP contribution in [0.2, 0.25) is 0 Å². The number of hydrogen-bond donors (Lipinski definition) is 4. The minimum Gasteiger partial charge on any atom is -0.495 e. The molecule has 9 rings (SSSR count). The molecule has 0 aliphatic heterocycles. The number of nitrogens with one attached hydrogen (secondary N) is 4. The van der Waals surface area contributed by atoms with Crippen molar-refractivity contribution < 1.29 is 35.9 Å². The number of rotatable bonds is 14. The monoisotopic (exact) mass is 920 g/mol. The molecule has 14 nitrogen and oxygen atoms in total. The van der Waals surface area contributed by atoms with Crippen molar-refractivity contribution in [1.82, 2.24) is 9.13 Å². The molecule has 0 aliphatic rings. The maximum atomic E-state index is 14.3. The Labute approximate surface area is 380 Å². The number of methoxy groups -OCH3 is 2. The van der Waals surface area contributed by atoms with Gasteiger partial charge in [-0.15, -0.1) is 0 Å². The predicted molar refractivity (Wildman–Crippen MR) is 260 cm³/mol. The van der Waals surface area contributed by atoms with Crippen LogP contribution in [0.3, 0.4) is 0 Å². The summed E-state index contributed by atoms with van der Waals surface area (Å²) in [6.07, 6.45) is 0. The van der Waals surface area contributed by atoms with E-state index in [-0.39, 0.29) is 34.0 Å². The van der Waals surface area contributed by atoms with Crippen LogP contribution in [0, 0.1) is 0 Å². The molecular formula is C50H44N6O8S2. The third-order valence-electron chi connectivity index (χ3n) is 11.6. The third kappa shape index (κ3) is 7.79.